The zero-order valence-corrected chi connectivity index (χ0v) is 23.4. The quantitative estimate of drug-likeness (QED) is 0.230. The van der Waals surface area contributed by atoms with E-state index < -0.39 is 6.04 Å². The van der Waals surface area contributed by atoms with Crippen LogP contribution < -0.4 is 10.2 Å². The third kappa shape index (κ3) is 3.95. The van der Waals surface area contributed by atoms with Crippen LogP contribution in [-0.2, 0) is 0 Å². The highest BCUT2D eigenvalue weighted by atomic mass is 79.9. The average molecular weight is 591 g/mol. The first-order chi connectivity index (χ1) is 19.5. The topological polar surface area (TPSA) is 57.8 Å². The summed E-state index contributed by atoms with van der Waals surface area (Å²) in [4.78, 5) is 12.3. The molecule has 8 heteroatoms. The number of aryl methyl sites for hydroxylation is 2. The average Bonchev–Trinajstić information content (AvgIpc) is 3.29. The highest BCUT2D eigenvalue weighted by Gasteiger charge is 2.42. The van der Waals surface area contributed by atoms with Gasteiger partial charge in [-0.05, 0) is 67.9 Å². The molecule has 0 bridgehead atoms. The van der Waals surface area contributed by atoms with Crippen molar-refractivity contribution in [2.75, 3.05) is 10.2 Å². The molecule has 2 aliphatic rings. The summed E-state index contributed by atoms with van der Waals surface area (Å²) < 4.78 is 18.5. The van der Waals surface area contributed by atoms with E-state index in [4.69, 9.17) is 15.1 Å². The fourth-order valence-electron chi connectivity index (χ4n) is 5.43. The lowest BCUT2D eigenvalue weighted by atomic mass is 9.93. The van der Waals surface area contributed by atoms with Gasteiger partial charge in [0.25, 0.3) is 0 Å². The monoisotopic (exact) mass is 590 g/mol. The second-order valence-electron chi connectivity index (χ2n) is 9.83. The van der Waals surface area contributed by atoms with Crippen molar-refractivity contribution in [1.82, 2.24) is 9.78 Å². The number of aromatic nitrogens is 2. The van der Waals surface area contributed by atoms with Crippen LogP contribution in [0.4, 0.5) is 27.3 Å². The van der Waals surface area contributed by atoms with Crippen LogP contribution in [0.5, 0.6) is 0 Å². The Balaban J connectivity index is 1.52. The van der Waals surface area contributed by atoms with Gasteiger partial charge in [-0.2, -0.15) is 5.10 Å². The standard InChI is InChI=1S/C32H24BrFN6/c1-19-9-3-7-13-26(19)40-31-28(20(2)38-40)29(23-10-4-5-11-24(23)34)39-27-14-8-6-12-25(27)36-30(32(39)37-31)35-22-17-15-21(33)16-18-22/h3-18,29H,1-2H3,(H,35,36). The van der Waals surface area contributed by atoms with Crippen molar-refractivity contribution in [3.05, 3.63) is 130 Å². The maximum absolute atomic E-state index is 15.7. The normalized spacial score (nSPS) is 15.5. The number of nitrogens with zero attached hydrogens (tertiary/aromatic N) is 5. The number of nitrogens with one attached hydrogen (secondary N) is 1. The summed E-state index contributed by atoms with van der Waals surface area (Å²) in [6.07, 6.45) is 0. The van der Waals surface area contributed by atoms with Crippen LogP contribution in [0.15, 0.2) is 112 Å². The maximum Gasteiger partial charge on any atom is 0.179 e. The Hall–Kier alpha value is -4.56. The van der Waals surface area contributed by atoms with Gasteiger partial charge in [-0.3, -0.25) is 0 Å². The van der Waals surface area contributed by atoms with Gasteiger partial charge in [0.2, 0.25) is 0 Å². The van der Waals surface area contributed by atoms with Crippen LogP contribution in [0, 0.1) is 19.7 Å². The Morgan fingerprint density at radius 3 is 2.27 bits per heavy atom. The summed E-state index contributed by atoms with van der Waals surface area (Å²) in [7, 11) is 0. The Labute approximate surface area is 239 Å². The van der Waals surface area contributed by atoms with Crippen molar-refractivity contribution in [3.63, 3.8) is 0 Å². The highest BCUT2D eigenvalue weighted by molar-refractivity contribution is 9.10. The van der Waals surface area contributed by atoms with E-state index in [1.807, 2.05) is 103 Å². The van der Waals surface area contributed by atoms with Crippen LogP contribution in [-0.4, -0.2) is 21.5 Å². The second-order valence-corrected chi connectivity index (χ2v) is 10.7. The molecule has 40 heavy (non-hydrogen) atoms. The first kappa shape index (κ1) is 24.5. The van der Waals surface area contributed by atoms with E-state index in [2.05, 4.69) is 26.1 Å². The number of anilines is 2. The van der Waals surface area contributed by atoms with Gasteiger partial charge >= 0.3 is 0 Å². The van der Waals surface area contributed by atoms with E-state index in [1.54, 1.807) is 6.07 Å². The van der Waals surface area contributed by atoms with Gasteiger partial charge in [0.1, 0.15) is 5.82 Å². The van der Waals surface area contributed by atoms with Crippen molar-refractivity contribution in [1.29, 1.82) is 0 Å². The van der Waals surface area contributed by atoms with Gasteiger partial charge in [-0.1, -0.05) is 64.5 Å². The lowest BCUT2D eigenvalue weighted by molar-refractivity contribution is 0.597. The van der Waals surface area contributed by atoms with Gasteiger partial charge < -0.3 is 10.2 Å². The van der Waals surface area contributed by atoms with E-state index in [1.165, 1.54) is 6.07 Å². The minimum absolute atomic E-state index is 0.287. The Morgan fingerprint density at radius 2 is 1.50 bits per heavy atom. The maximum atomic E-state index is 15.7. The molecule has 1 atom stereocenters. The Bertz CT molecular complexity index is 1840. The Morgan fingerprint density at radius 1 is 0.800 bits per heavy atom. The van der Waals surface area contributed by atoms with Crippen LogP contribution >= 0.6 is 15.9 Å². The number of fused-ring (bicyclic) bond motifs is 4. The van der Waals surface area contributed by atoms with Crippen LogP contribution in [0.1, 0.15) is 28.4 Å². The summed E-state index contributed by atoms with van der Waals surface area (Å²) in [5, 5.41) is 8.43. The number of hydrogen-bond acceptors (Lipinski definition) is 5. The molecule has 0 radical (unpaired) electrons. The molecular weight excluding hydrogens is 567 g/mol. The molecule has 1 N–H and O–H groups in total. The number of para-hydroxylation sites is 3. The number of rotatable bonds is 3. The van der Waals surface area contributed by atoms with Gasteiger partial charge in [0.05, 0.1) is 28.8 Å². The van der Waals surface area contributed by atoms with Gasteiger partial charge in [0, 0.05) is 21.3 Å². The molecule has 0 spiro atoms. The molecule has 0 saturated heterocycles. The predicted octanol–water partition coefficient (Wildman–Crippen LogP) is 8.19. The van der Waals surface area contributed by atoms with Crippen molar-refractivity contribution in [2.24, 2.45) is 9.98 Å². The second kappa shape index (κ2) is 9.57. The van der Waals surface area contributed by atoms with Crippen LogP contribution in [0.2, 0.25) is 0 Å². The van der Waals surface area contributed by atoms with Gasteiger partial charge in [-0.25, -0.2) is 19.1 Å². The SMILES string of the molecule is Cc1ccccc1-n1nc(C)c2c1N=C1C(Nc3ccc(Br)cc3)=Nc3ccccc3N1C2c1ccccc1F. The lowest BCUT2D eigenvalue weighted by Gasteiger charge is -2.40. The predicted molar refractivity (Wildman–Crippen MR) is 162 cm³/mol. The van der Waals surface area contributed by atoms with E-state index in [9.17, 15) is 0 Å². The number of hydrogen-bond donors (Lipinski definition) is 1. The van der Waals surface area contributed by atoms with Crippen LogP contribution in [0.3, 0.4) is 0 Å². The van der Waals surface area contributed by atoms with E-state index in [0.29, 0.717) is 23.1 Å². The summed E-state index contributed by atoms with van der Waals surface area (Å²) in [5.41, 5.74) is 6.66. The molecular formula is C32H24BrFN6. The first-order valence-corrected chi connectivity index (χ1v) is 13.8. The minimum Gasteiger partial charge on any atom is -0.337 e. The van der Waals surface area contributed by atoms with Crippen molar-refractivity contribution < 1.29 is 4.39 Å². The highest BCUT2D eigenvalue weighted by Crippen LogP contribution is 2.48. The molecule has 0 fully saturated rings. The molecule has 0 amide bonds. The van der Waals surface area contributed by atoms with Crippen molar-refractivity contribution in [3.8, 4) is 5.69 Å². The molecule has 3 heterocycles. The molecule has 196 valence electrons. The zero-order chi connectivity index (χ0) is 27.4. The number of amidine groups is 2. The fourth-order valence-corrected chi connectivity index (χ4v) is 5.69. The third-order valence-electron chi connectivity index (χ3n) is 7.29. The van der Waals surface area contributed by atoms with Gasteiger partial charge in [-0.15, -0.1) is 0 Å². The molecule has 1 unspecified atom stereocenters. The molecule has 5 aromatic rings. The van der Waals surface area contributed by atoms with Crippen LogP contribution in [0.25, 0.3) is 5.69 Å². The largest absolute Gasteiger partial charge is 0.337 e. The summed E-state index contributed by atoms with van der Waals surface area (Å²) >= 11 is 3.51. The van der Waals surface area contributed by atoms with E-state index in [0.717, 1.165) is 44.0 Å². The van der Waals surface area contributed by atoms with E-state index >= 15 is 4.39 Å². The number of benzene rings is 4. The molecule has 6 nitrogen and oxygen atoms in total. The number of aliphatic imine (C=N–C) groups is 2. The van der Waals surface area contributed by atoms with Crippen molar-refractivity contribution >= 4 is 50.5 Å². The molecule has 2 aliphatic heterocycles. The first-order valence-electron chi connectivity index (χ1n) is 13.0. The minimum atomic E-state index is -0.514. The smallest absolute Gasteiger partial charge is 0.179 e. The fraction of sp³-hybridized carbons (Fsp3) is 0.0938. The zero-order valence-electron chi connectivity index (χ0n) is 21.8. The molecule has 0 saturated carbocycles. The number of halogens is 2. The Kier molecular flexibility index (Phi) is 5.86. The molecule has 1 aromatic heterocycles. The van der Waals surface area contributed by atoms with Crippen molar-refractivity contribution in [2.45, 2.75) is 19.9 Å². The molecule has 4 aromatic carbocycles. The molecule has 7 rings (SSSR count). The summed E-state index contributed by atoms with van der Waals surface area (Å²) in [6.45, 7) is 4.01. The lowest BCUT2D eigenvalue weighted by Crippen LogP contribution is -2.46. The third-order valence-corrected chi connectivity index (χ3v) is 7.82. The van der Waals surface area contributed by atoms with E-state index in [-0.39, 0.29) is 5.82 Å². The van der Waals surface area contributed by atoms with Gasteiger partial charge in [0.15, 0.2) is 17.5 Å². The summed E-state index contributed by atoms with van der Waals surface area (Å²) in [6, 6.07) is 30.3. The summed E-state index contributed by atoms with van der Waals surface area (Å²) in [5.74, 6) is 1.54. The molecule has 0 aliphatic carbocycles.